The average Bonchev–Trinajstić information content (AvgIpc) is 3.34. The molecule has 0 aliphatic rings. The Labute approximate surface area is 195 Å². The fourth-order valence-corrected chi connectivity index (χ4v) is 4.68. The SMILES string of the molecule is CC.CC(C)C.CC/C=C(/C=C(/NCc1cccs1)c1sc(CC)c(C)c1C)CC. The monoisotopic (exact) mass is 447 g/mol. The van der Waals surface area contributed by atoms with Crippen molar-refractivity contribution in [2.45, 2.75) is 95.0 Å². The second-order valence-electron chi connectivity index (χ2n) is 7.72. The molecule has 30 heavy (non-hydrogen) atoms. The quantitative estimate of drug-likeness (QED) is 0.397. The summed E-state index contributed by atoms with van der Waals surface area (Å²) in [6.07, 6.45) is 7.96. The van der Waals surface area contributed by atoms with Crippen LogP contribution in [0.25, 0.3) is 5.70 Å². The van der Waals surface area contributed by atoms with E-state index in [0.29, 0.717) is 0 Å². The molecule has 0 amide bonds. The Hall–Kier alpha value is -1.32. The van der Waals surface area contributed by atoms with Crippen LogP contribution >= 0.6 is 22.7 Å². The molecule has 0 fully saturated rings. The van der Waals surface area contributed by atoms with Crippen LogP contribution in [0.2, 0.25) is 0 Å². The van der Waals surface area contributed by atoms with Crippen LogP contribution in [0.3, 0.4) is 0 Å². The molecule has 0 saturated carbocycles. The first kappa shape index (κ1) is 28.7. The van der Waals surface area contributed by atoms with Gasteiger partial charge in [-0.15, -0.1) is 22.7 Å². The molecule has 2 aromatic rings. The fourth-order valence-electron chi connectivity index (χ4n) is 2.80. The average molecular weight is 448 g/mol. The summed E-state index contributed by atoms with van der Waals surface area (Å²) >= 11 is 3.76. The van der Waals surface area contributed by atoms with E-state index in [9.17, 15) is 0 Å². The number of rotatable bonds is 8. The van der Waals surface area contributed by atoms with Crippen LogP contribution in [0.4, 0.5) is 0 Å². The molecule has 0 saturated heterocycles. The normalized spacial score (nSPS) is 11.6. The summed E-state index contributed by atoms with van der Waals surface area (Å²) in [6.45, 7) is 22.6. The van der Waals surface area contributed by atoms with Gasteiger partial charge in [-0.1, -0.05) is 73.1 Å². The van der Waals surface area contributed by atoms with Crippen molar-refractivity contribution in [1.82, 2.24) is 5.32 Å². The Bertz CT molecular complexity index is 743. The van der Waals surface area contributed by atoms with E-state index in [1.54, 1.807) is 0 Å². The van der Waals surface area contributed by atoms with Gasteiger partial charge in [-0.2, -0.15) is 0 Å². The van der Waals surface area contributed by atoms with E-state index in [1.807, 2.05) is 36.5 Å². The Morgan fingerprint density at radius 1 is 1.07 bits per heavy atom. The zero-order chi connectivity index (χ0) is 23.1. The largest absolute Gasteiger partial charge is 0.379 e. The Morgan fingerprint density at radius 2 is 1.70 bits per heavy atom. The summed E-state index contributed by atoms with van der Waals surface area (Å²) in [6, 6.07) is 4.32. The van der Waals surface area contributed by atoms with Gasteiger partial charge < -0.3 is 5.32 Å². The predicted molar refractivity (Wildman–Crippen MR) is 143 cm³/mol. The number of hydrogen-bond acceptors (Lipinski definition) is 3. The second-order valence-corrected chi connectivity index (χ2v) is 9.86. The third-order valence-electron chi connectivity index (χ3n) is 4.35. The summed E-state index contributed by atoms with van der Waals surface area (Å²) in [7, 11) is 0. The molecular formula is C27H45NS2. The number of allylic oxidation sites excluding steroid dienone is 3. The molecule has 0 bridgehead atoms. The van der Waals surface area contributed by atoms with Crippen LogP contribution < -0.4 is 5.32 Å². The summed E-state index contributed by atoms with van der Waals surface area (Å²) in [5, 5.41) is 5.85. The molecule has 170 valence electrons. The molecule has 0 aromatic carbocycles. The molecule has 3 heteroatoms. The molecule has 1 N–H and O–H groups in total. The van der Waals surface area contributed by atoms with Crippen molar-refractivity contribution in [1.29, 1.82) is 0 Å². The van der Waals surface area contributed by atoms with Crippen molar-refractivity contribution in [2.75, 3.05) is 0 Å². The van der Waals surface area contributed by atoms with E-state index in [2.05, 4.69) is 90.4 Å². The summed E-state index contributed by atoms with van der Waals surface area (Å²) in [4.78, 5) is 4.28. The Kier molecular flexibility index (Phi) is 15.7. The van der Waals surface area contributed by atoms with Crippen LogP contribution in [0.15, 0.2) is 35.2 Å². The highest BCUT2D eigenvalue weighted by Crippen LogP contribution is 2.33. The predicted octanol–water partition coefficient (Wildman–Crippen LogP) is 9.55. The fraction of sp³-hybridized carbons (Fsp3) is 0.556. The summed E-state index contributed by atoms with van der Waals surface area (Å²) in [5.41, 5.74) is 5.57. The molecule has 2 heterocycles. The highest BCUT2D eigenvalue weighted by atomic mass is 32.1. The van der Waals surface area contributed by atoms with Crippen molar-refractivity contribution in [3.05, 3.63) is 61.0 Å². The number of hydrogen-bond donors (Lipinski definition) is 1. The highest BCUT2D eigenvalue weighted by Gasteiger charge is 2.14. The third kappa shape index (κ3) is 10.1. The van der Waals surface area contributed by atoms with Crippen LogP contribution in [-0.4, -0.2) is 0 Å². The van der Waals surface area contributed by atoms with Gasteiger partial charge in [-0.25, -0.2) is 0 Å². The minimum atomic E-state index is 0.833. The first-order valence-corrected chi connectivity index (χ1v) is 13.3. The Morgan fingerprint density at radius 3 is 2.13 bits per heavy atom. The topological polar surface area (TPSA) is 12.0 Å². The van der Waals surface area contributed by atoms with Crippen molar-refractivity contribution in [2.24, 2.45) is 5.92 Å². The highest BCUT2D eigenvalue weighted by molar-refractivity contribution is 7.13. The molecule has 2 rings (SSSR count). The van der Waals surface area contributed by atoms with E-state index < -0.39 is 0 Å². The second kappa shape index (κ2) is 16.4. The molecular weight excluding hydrogens is 402 g/mol. The third-order valence-corrected chi connectivity index (χ3v) is 6.80. The van der Waals surface area contributed by atoms with Gasteiger partial charge in [-0.3, -0.25) is 0 Å². The number of thiophene rings is 2. The molecule has 0 radical (unpaired) electrons. The van der Waals surface area contributed by atoms with Gasteiger partial charge in [0.15, 0.2) is 0 Å². The lowest BCUT2D eigenvalue weighted by Gasteiger charge is -2.12. The lowest BCUT2D eigenvalue weighted by molar-refractivity contribution is 0.737. The van der Waals surface area contributed by atoms with Gasteiger partial charge in [0.05, 0.1) is 10.6 Å². The van der Waals surface area contributed by atoms with Crippen molar-refractivity contribution in [3.8, 4) is 0 Å². The lowest BCUT2D eigenvalue weighted by atomic mass is 10.1. The molecule has 0 spiro atoms. The maximum Gasteiger partial charge on any atom is 0.0536 e. The van der Waals surface area contributed by atoms with Gasteiger partial charge in [0.1, 0.15) is 0 Å². The van der Waals surface area contributed by atoms with E-state index in [4.69, 9.17) is 0 Å². The lowest BCUT2D eigenvalue weighted by Crippen LogP contribution is -2.11. The van der Waals surface area contributed by atoms with Crippen LogP contribution in [0.5, 0.6) is 0 Å². The van der Waals surface area contributed by atoms with Crippen molar-refractivity contribution >= 4 is 28.4 Å². The van der Waals surface area contributed by atoms with Crippen LogP contribution in [0.1, 0.15) is 94.0 Å². The minimum Gasteiger partial charge on any atom is -0.379 e. The van der Waals surface area contributed by atoms with E-state index in [-0.39, 0.29) is 0 Å². The van der Waals surface area contributed by atoms with Gasteiger partial charge in [0, 0.05) is 16.3 Å². The Balaban J connectivity index is 0.00000125. The first-order valence-electron chi connectivity index (χ1n) is 11.6. The van der Waals surface area contributed by atoms with Gasteiger partial charge in [-0.05, 0) is 67.7 Å². The molecule has 1 nitrogen and oxygen atoms in total. The summed E-state index contributed by atoms with van der Waals surface area (Å²) in [5.74, 6) is 0.833. The molecule has 0 unspecified atom stereocenters. The number of aryl methyl sites for hydroxylation is 1. The van der Waals surface area contributed by atoms with Crippen molar-refractivity contribution < 1.29 is 0 Å². The van der Waals surface area contributed by atoms with E-state index in [1.165, 1.54) is 37.0 Å². The van der Waals surface area contributed by atoms with Gasteiger partial charge in [0.2, 0.25) is 0 Å². The first-order chi connectivity index (χ1) is 14.3. The minimum absolute atomic E-state index is 0.833. The standard InChI is InChI=1S/C21H29NS2.C4H10.C2H6/c1-6-10-17(7-2)13-19(22-14-18-11-9-12-23-18)21-16(5)15(4)20(8-3)24-21;1-4(2)3;1-2/h9-13,22H,6-8,14H2,1-5H3;4H,1-3H3;1-2H3/b17-10+,19-13+;;. The molecule has 0 atom stereocenters. The smallest absolute Gasteiger partial charge is 0.0536 e. The maximum atomic E-state index is 3.71. The maximum absolute atomic E-state index is 3.71. The van der Waals surface area contributed by atoms with Crippen LogP contribution in [0, 0.1) is 19.8 Å². The number of nitrogens with one attached hydrogen (secondary N) is 1. The molecule has 2 aromatic heterocycles. The molecule has 0 aliphatic carbocycles. The zero-order valence-corrected chi connectivity index (χ0v) is 22.7. The van der Waals surface area contributed by atoms with Gasteiger partial charge >= 0.3 is 0 Å². The van der Waals surface area contributed by atoms with Crippen molar-refractivity contribution in [3.63, 3.8) is 0 Å². The summed E-state index contributed by atoms with van der Waals surface area (Å²) < 4.78 is 0. The zero-order valence-electron chi connectivity index (χ0n) is 21.1. The van der Waals surface area contributed by atoms with E-state index >= 15 is 0 Å². The van der Waals surface area contributed by atoms with E-state index in [0.717, 1.165) is 31.7 Å². The molecule has 0 aliphatic heterocycles. The van der Waals surface area contributed by atoms with Gasteiger partial charge in [0.25, 0.3) is 0 Å². The van der Waals surface area contributed by atoms with Crippen LogP contribution in [-0.2, 0) is 13.0 Å².